The number of hydrogen-bond acceptors (Lipinski definition) is 5. The van der Waals surface area contributed by atoms with E-state index in [1.165, 1.54) is 6.07 Å². The van der Waals surface area contributed by atoms with Crippen LogP contribution in [0.2, 0.25) is 5.02 Å². The van der Waals surface area contributed by atoms with E-state index in [1.807, 2.05) is 18.2 Å². The van der Waals surface area contributed by atoms with E-state index in [4.69, 9.17) is 11.6 Å². The number of nitro benzene ring substituents is 1. The van der Waals surface area contributed by atoms with Gasteiger partial charge in [0, 0.05) is 11.8 Å². The van der Waals surface area contributed by atoms with Crippen LogP contribution in [0.25, 0.3) is 0 Å². The molecular formula is C12H8ClN3O3. The van der Waals surface area contributed by atoms with Crippen LogP contribution in [0.1, 0.15) is 0 Å². The van der Waals surface area contributed by atoms with Crippen molar-refractivity contribution in [2.24, 2.45) is 5.18 Å². The number of nitrogens with zero attached hydrogens (tertiary/aromatic N) is 2. The van der Waals surface area contributed by atoms with Gasteiger partial charge in [-0.3, -0.25) is 10.1 Å². The standard InChI is InChI=1S/C12H8ClN3O3/c13-9-6-11(15-17)12(16(18)19)7-10(9)14-8-4-2-1-3-5-8/h1-7,14H. The molecule has 96 valence electrons. The van der Waals surface area contributed by atoms with Gasteiger partial charge in [0.2, 0.25) is 0 Å². The maximum Gasteiger partial charge on any atom is 0.300 e. The van der Waals surface area contributed by atoms with Crippen molar-refractivity contribution in [3.8, 4) is 0 Å². The Balaban J connectivity index is 2.44. The summed E-state index contributed by atoms with van der Waals surface area (Å²) in [5, 5.41) is 16.6. The van der Waals surface area contributed by atoms with Crippen molar-refractivity contribution in [2.75, 3.05) is 5.32 Å². The predicted octanol–water partition coefficient (Wildman–Crippen LogP) is 4.39. The van der Waals surface area contributed by atoms with Gasteiger partial charge in [0.1, 0.15) is 0 Å². The molecule has 2 aromatic rings. The molecule has 0 aromatic heterocycles. The lowest BCUT2D eigenvalue weighted by Crippen LogP contribution is -1.94. The summed E-state index contributed by atoms with van der Waals surface area (Å²) in [7, 11) is 0. The van der Waals surface area contributed by atoms with E-state index in [-0.39, 0.29) is 10.7 Å². The van der Waals surface area contributed by atoms with Crippen LogP contribution in [0.3, 0.4) is 0 Å². The maximum absolute atomic E-state index is 10.8. The summed E-state index contributed by atoms with van der Waals surface area (Å²) in [4.78, 5) is 20.7. The smallest absolute Gasteiger partial charge is 0.300 e. The van der Waals surface area contributed by atoms with Crippen LogP contribution in [-0.2, 0) is 0 Å². The van der Waals surface area contributed by atoms with Gasteiger partial charge in [-0.05, 0) is 23.4 Å². The fraction of sp³-hybridized carbons (Fsp3) is 0. The lowest BCUT2D eigenvalue weighted by atomic mass is 10.2. The second-order valence-electron chi connectivity index (χ2n) is 3.66. The summed E-state index contributed by atoms with van der Waals surface area (Å²) in [6.07, 6.45) is 0. The molecule has 19 heavy (non-hydrogen) atoms. The van der Waals surface area contributed by atoms with Crippen molar-refractivity contribution >= 4 is 34.4 Å². The molecule has 0 atom stereocenters. The zero-order chi connectivity index (χ0) is 13.8. The maximum atomic E-state index is 10.8. The molecule has 0 heterocycles. The van der Waals surface area contributed by atoms with Gasteiger partial charge in [-0.1, -0.05) is 29.8 Å². The Morgan fingerprint density at radius 2 is 1.89 bits per heavy atom. The highest BCUT2D eigenvalue weighted by Gasteiger charge is 2.18. The molecule has 2 rings (SSSR count). The Morgan fingerprint density at radius 3 is 2.47 bits per heavy atom. The van der Waals surface area contributed by atoms with Gasteiger partial charge in [0.15, 0.2) is 5.69 Å². The number of benzene rings is 2. The van der Waals surface area contributed by atoms with Crippen molar-refractivity contribution in [3.63, 3.8) is 0 Å². The number of nitroso groups, excluding NO2 is 1. The third-order valence-electron chi connectivity index (χ3n) is 2.41. The molecule has 0 unspecified atom stereocenters. The molecule has 0 radical (unpaired) electrons. The molecule has 0 amide bonds. The molecule has 2 aromatic carbocycles. The number of nitro groups is 1. The van der Waals surface area contributed by atoms with E-state index in [1.54, 1.807) is 12.1 Å². The third kappa shape index (κ3) is 2.86. The Bertz CT molecular complexity index is 632. The second kappa shape index (κ2) is 5.45. The molecule has 0 saturated carbocycles. The SMILES string of the molecule is O=Nc1cc(Cl)c(Nc2ccccc2)cc1[N+](=O)[O-]. The van der Waals surface area contributed by atoms with Crippen LogP contribution in [0.5, 0.6) is 0 Å². The quantitative estimate of drug-likeness (QED) is 0.510. The van der Waals surface area contributed by atoms with Crippen LogP contribution in [0.15, 0.2) is 47.6 Å². The fourth-order valence-corrected chi connectivity index (χ4v) is 1.75. The summed E-state index contributed by atoms with van der Waals surface area (Å²) in [6.45, 7) is 0. The fourth-order valence-electron chi connectivity index (χ4n) is 1.54. The minimum atomic E-state index is -0.677. The molecule has 0 spiro atoms. The van der Waals surface area contributed by atoms with Crippen LogP contribution < -0.4 is 5.32 Å². The van der Waals surface area contributed by atoms with Gasteiger partial charge in [-0.2, -0.15) is 0 Å². The van der Waals surface area contributed by atoms with E-state index < -0.39 is 10.6 Å². The molecule has 6 nitrogen and oxygen atoms in total. The van der Waals surface area contributed by atoms with Gasteiger partial charge in [-0.25, -0.2) is 0 Å². The van der Waals surface area contributed by atoms with E-state index >= 15 is 0 Å². The number of para-hydroxylation sites is 1. The highest BCUT2D eigenvalue weighted by molar-refractivity contribution is 6.33. The minimum Gasteiger partial charge on any atom is -0.354 e. The van der Waals surface area contributed by atoms with E-state index in [0.717, 1.165) is 11.8 Å². The molecule has 0 bridgehead atoms. The van der Waals surface area contributed by atoms with E-state index in [2.05, 4.69) is 10.5 Å². The van der Waals surface area contributed by atoms with Gasteiger partial charge in [0.05, 0.1) is 15.6 Å². The zero-order valence-electron chi connectivity index (χ0n) is 9.54. The molecule has 1 N–H and O–H groups in total. The first-order valence-electron chi connectivity index (χ1n) is 5.25. The topological polar surface area (TPSA) is 84.6 Å². The number of anilines is 2. The first kappa shape index (κ1) is 13.0. The second-order valence-corrected chi connectivity index (χ2v) is 4.07. The lowest BCUT2D eigenvalue weighted by molar-refractivity contribution is -0.384. The van der Waals surface area contributed by atoms with E-state index in [0.29, 0.717) is 5.69 Å². The highest BCUT2D eigenvalue weighted by atomic mass is 35.5. The van der Waals surface area contributed by atoms with E-state index in [9.17, 15) is 15.0 Å². The van der Waals surface area contributed by atoms with Crippen molar-refractivity contribution in [1.29, 1.82) is 0 Å². The van der Waals surface area contributed by atoms with Gasteiger partial charge >= 0.3 is 5.69 Å². The van der Waals surface area contributed by atoms with Crippen molar-refractivity contribution in [1.82, 2.24) is 0 Å². The summed E-state index contributed by atoms with van der Waals surface area (Å²) in [5.74, 6) is 0. The molecular weight excluding hydrogens is 270 g/mol. The lowest BCUT2D eigenvalue weighted by Gasteiger charge is -2.08. The number of halogens is 1. The molecule has 0 fully saturated rings. The van der Waals surface area contributed by atoms with Gasteiger partial charge < -0.3 is 5.32 Å². The summed E-state index contributed by atoms with van der Waals surface area (Å²) < 4.78 is 0. The number of rotatable bonds is 4. The average molecular weight is 278 g/mol. The summed E-state index contributed by atoms with van der Waals surface area (Å²) in [5.41, 5.74) is 0.379. The molecule has 0 saturated heterocycles. The van der Waals surface area contributed by atoms with Gasteiger partial charge in [-0.15, -0.1) is 4.91 Å². The molecule has 0 aliphatic rings. The normalized spacial score (nSPS) is 9.95. The molecule has 7 heteroatoms. The summed E-state index contributed by atoms with van der Waals surface area (Å²) >= 11 is 5.95. The first-order chi connectivity index (χ1) is 9.11. The van der Waals surface area contributed by atoms with Crippen molar-refractivity contribution in [3.05, 3.63) is 62.5 Å². The minimum absolute atomic E-state index is 0.184. The summed E-state index contributed by atoms with van der Waals surface area (Å²) in [6, 6.07) is 11.4. The zero-order valence-corrected chi connectivity index (χ0v) is 10.3. The van der Waals surface area contributed by atoms with Crippen LogP contribution in [0.4, 0.5) is 22.7 Å². The third-order valence-corrected chi connectivity index (χ3v) is 2.72. The van der Waals surface area contributed by atoms with Crippen LogP contribution in [0, 0.1) is 15.0 Å². The monoisotopic (exact) mass is 277 g/mol. The Labute approximate surface area is 113 Å². The first-order valence-corrected chi connectivity index (χ1v) is 5.63. The van der Waals surface area contributed by atoms with Crippen LogP contribution >= 0.6 is 11.6 Å². The molecule has 0 aliphatic heterocycles. The Kier molecular flexibility index (Phi) is 3.72. The van der Waals surface area contributed by atoms with Crippen molar-refractivity contribution < 1.29 is 4.92 Å². The number of hydrogen-bond donors (Lipinski definition) is 1. The predicted molar refractivity (Wildman–Crippen MR) is 73.3 cm³/mol. The number of nitrogens with one attached hydrogen (secondary N) is 1. The Morgan fingerprint density at radius 1 is 1.21 bits per heavy atom. The molecule has 0 aliphatic carbocycles. The highest BCUT2D eigenvalue weighted by Crippen LogP contribution is 2.37. The van der Waals surface area contributed by atoms with Gasteiger partial charge in [0.25, 0.3) is 0 Å². The average Bonchev–Trinajstić information content (AvgIpc) is 2.41. The Hall–Kier alpha value is -2.47. The van der Waals surface area contributed by atoms with Crippen LogP contribution in [-0.4, -0.2) is 4.92 Å². The largest absolute Gasteiger partial charge is 0.354 e. The van der Waals surface area contributed by atoms with Crippen molar-refractivity contribution in [2.45, 2.75) is 0 Å².